The van der Waals surface area contributed by atoms with Crippen LogP contribution >= 0.6 is 0 Å². The molecular weight excluding hydrogens is 198 g/mol. The second kappa shape index (κ2) is 6.92. The van der Waals surface area contributed by atoms with Crippen molar-refractivity contribution < 1.29 is 4.74 Å². The summed E-state index contributed by atoms with van der Waals surface area (Å²) in [6.45, 7) is 5.72. The molecule has 86 valence electrons. The molecule has 0 aliphatic rings. The van der Waals surface area contributed by atoms with Crippen molar-refractivity contribution in [2.24, 2.45) is 0 Å². The van der Waals surface area contributed by atoms with Crippen LogP contribution in [-0.4, -0.2) is 13.2 Å². The number of ether oxygens (including phenoxy) is 1. The lowest BCUT2D eigenvalue weighted by Gasteiger charge is -2.13. The number of nitrogens with one attached hydrogen (secondary N) is 1. The van der Waals surface area contributed by atoms with E-state index in [4.69, 9.17) is 11.2 Å². The number of hydrogen-bond acceptors (Lipinski definition) is 2. The molecule has 2 heteroatoms. The summed E-state index contributed by atoms with van der Waals surface area (Å²) in [4.78, 5) is 0. The van der Waals surface area contributed by atoms with E-state index in [-0.39, 0.29) is 6.04 Å². The Bertz CT molecular complexity index is 337. The molecule has 1 unspecified atom stereocenters. The van der Waals surface area contributed by atoms with E-state index in [1.165, 1.54) is 0 Å². The molecule has 0 aliphatic carbocycles. The molecule has 0 heterocycles. The normalized spacial score (nSPS) is 11.8. The van der Waals surface area contributed by atoms with Crippen LogP contribution in [0.15, 0.2) is 24.3 Å². The fourth-order valence-electron chi connectivity index (χ4n) is 1.48. The zero-order chi connectivity index (χ0) is 11.8. The first kappa shape index (κ1) is 12.6. The van der Waals surface area contributed by atoms with E-state index in [9.17, 15) is 0 Å². The molecule has 0 fully saturated rings. The molecule has 2 nitrogen and oxygen atoms in total. The maximum atomic E-state index is 5.50. The van der Waals surface area contributed by atoms with Gasteiger partial charge in [-0.15, -0.1) is 6.42 Å². The van der Waals surface area contributed by atoms with Crippen molar-refractivity contribution in [1.29, 1.82) is 0 Å². The van der Waals surface area contributed by atoms with Gasteiger partial charge in [0.05, 0.1) is 12.6 Å². The first-order chi connectivity index (χ1) is 7.81. The van der Waals surface area contributed by atoms with Crippen LogP contribution in [0, 0.1) is 12.3 Å². The van der Waals surface area contributed by atoms with Gasteiger partial charge in [-0.2, -0.15) is 0 Å². The van der Waals surface area contributed by atoms with Crippen LogP contribution in [0.4, 0.5) is 0 Å². The van der Waals surface area contributed by atoms with Gasteiger partial charge in [-0.25, -0.2) is 0 Å². The molecular formula is C14H19NO. The molecule has 0 amide bonds. The predicted octanol–water partition coefficient (Wildman–Crippen LogP) is 2.76. The monoisotopic (exact) mass is 217 g/mol. The van der Waals surface area contributed by atoms with Crippen LogP contribution in [-0.2, 0) is 0 Å². The Hall–Kier alpha value is -1.46. The van der Waals surface area contributed by atoms with Gasteiger partial charge in [0.1, 0.15) is 5.75 Å². The van der Waals surface area contributed by atoms with Crippen LogP contribution in [0.1, 0.15) is 31.9 Å². The lowest BCUT2D eigenvalue weighted by atomic mass is 10.1. The highest BCUT2D eigenvalue weighted by molar-refractivity contribution is 5.32. The molecule has 0 saturated heterocycles. The van der Waals surface area contributed by atoms with Gasteiger partial charge in [0.15, 0.2) is 0 Å². The van der Waals surface area contributed by atoms with Gasteiger partial charge >= 0.3 is 0 Å². The number of rotatable bonds is 6. The number of hydrogen-bond donors (Lipinski definition) is 1. The Kier molecular flexibility index (Phi) is 5.45. The van der Waals surface area contributed by atoms with Crippen molar-refractivity contribution in [3.63, 3.8) is 0 Å². The Balaban J connectivity index is 2.67. The lowest BCUT2D eigenvalue weighted by molar-refractivity contribution is 0.340. The average Bonchev–Trinajstić information content (AvgIpc) is 2.32. The van der Waals surface area contributed by atoms with Crippen LogP contribution in [0.3, 0.4) is 0 Å². The minimum atomic E-state index is -0.00405. The van der Waals surface area contributed by atoms with E-state index >= 15 is 0 Å². The van der Waals surface area contributed by atoms with Crippen LogP contribution in [0.2, 0.25) is 0 Å². The summed E-state index contributed by atoms with van der Waals surface area (Å²) >= 11 is 0. The minimum absolute atomic E-state index is 0.00405. The first-order valence-corrected chi connectivity index (χ1v) is 5.74. The summed E-state index contributed by atoms with van der Waals surface area (Å²) in [5, 5.41) is 3.31. The Morgan fingerprint density at radius 1 is 1.31 bits per heavy atom. The molecule has 0 bridgehead atoms. The van der Waals surface area contributed by atoms with Crippen molar-refractivity contribution in [2.45, 2.75) is 26.3 Å². The molecule has 0 radical (unpaired) electrons. The van der Waals surface area contributed by atoms with Gasteiger partial charge in [0, 0.05) is 0 Å². The smallest absolute Gasteiger partial charge is 0.119 e. The van der Waals surface area contributed by atoms with E-state index in [0.717, 1.165) is 24.3 Å². The average molecular weight is 217 g/mol. The zero-order valence-electron chi connectivity index (χ0n) is 9.99. The van der Waals surface area contributed by atoms with Crippen molar-refractivity contribution >= 4 is 0 Å². The Labute approximate surface area is 98.0 Å². The fourth-order valence-corrected chi connectivity index (χ4v) is 1.48. The summed E-state index contributed by atoms with van der Waals surface area (Å²) in [6, 6.07) is 7.93. The SMILES string of the molecule is C#CC(NCCC)c1ccc(OCC)cc1. The van der Waals surface area contributed by atoms with Crippen molar-refractivity contribution in [3.8, 4) is 18.1 Å². The van der Waals surface area contributed by atoms with Crippen LogP contribution in [0.5, 0.6) is 5.75 Å². The highest BCUT2D eigenvalue weighted by Crippen LogP contribution is 2.17. The highest BCUT2D eigenvalue weighted by Gasteiger charge is 2.06. The molecule has 0 aromatic heterocycles. The van der Waals surface area contributed by atoms with E-state index in [1.807, 2.05) is 31.2 Å². The van der Waals surface area contributed by atoms with Gasteiger partial charge in [0.25, 0.3) is 0 Å². The number of benzene rings is 1. The number of terminal acetylenes is 1. The second-order valence-corrected chi connectivity index (χ2v) is 3.56. The topological polar surface area (TPSA) is 21.3 Å². The second-order valence-electron chi connectivity index (χ2n) is 3.56. The summed E-state index contributed by atoms with van der Waals surface area (Å²) in [5.74, 6) is 3.64. The third-order valence-electron chi connectivity index (χ3n) is 2.29. The maximum absolute atomic E-state index is 5.50. The fraction of sp³-hybridized carbons (Fsp3) is 0.429. The van der Waals surface area contributed by atoms with E-state index in [1.54, 1.807) is 0 Å². The van der Waals surface area contributed by atoms with E-state index in [0.29, 0.717) is 6.61 Å². The summed E-state index contributed by atoms with van der Waals surface area (Å²) in [5.41, 5.74) is 1.11. The molecule has 0 spiro atoms. The molecule has 1 aromatic carbocycles. The largest absolute Gasteiger partial charge is 0.494 e. The van der Waals surface area contributed by atoms with Gasteiger partial charge in [-0.1, -0.05) is 25.0 Å². The van der Waals surface area contributed by atoms with Crippen molar-refractivity contribution in [1.82, 2.24) is 5.32 Å². The van der Waals surface area contributed by atoms with Crippen molar-refractivity contribution in [2.75, 3.05) is 13.2 Å². The maximum Gasteiger partial charge on any atom is 0.119 e. The minimum Gasteiger partial charge on any atom is -0.494 e. The Morgan fingerprint density at radius 3 is 2.50 bits per heavy atom. The van der Waals surface area contributed by atoms with Gasteiger partial charge < -0.3 is 10.1 Å². The third-order valence-corrected chi connectivity index (χ3v) is 2.29. The van der Waals surface area contributed by atoms with E-state index < -0.39 is 0 Å². The van der Waals surface area contributed by atoms with Gasteiger partial charge in [0.2, 0.25) is 0 Å². The first-order valence-electron chi connectivity index (χ1n) is 5.74. The zero-order valence-corrected chi connectivity index (χ0v) is 9.99. The molecule has 1 aromatic rings. The van der Waals surface area contributed by atoms with Crippen molar-refractivity contribution in [3.05, 3.63) is 29.8 Å². The highest BCUT2D eigenvalue weighted by atomic mass is 16.5. The van der Waals surface area contributed by atoms with E-state index in [2.05, 4.69) is 18.2 Å². The standard InChI is InChI=1S/C14H19NO/c1-4-11-15-14(5-2)12-7-9-13(10-8-12)16-6-3/h2,7-10,14-15H,4,6,11H2,1,3H3. The lowest BCUT2D eigenvalue weighted by Crippen LogP contribution is -2.20. The predicted molar refractivity (Wildman–Crippen MR) is 67.5 cm³/mol. The summed E-state index contributed by atoms with van der Waals surface area (Å²) in [7, 11) is 0. The molecule has 16 heavy (non-hydrogen) atoms. The van der Waals surface area contributed by atoms with Crippen LogP contribution in [0.25, 0.3) is 0 Å². The Morgan fingerprint density at radius 2 is 2.00 bits per heavy atom. The summed E-state index contributed by atoms with van der Waals surface area (Å²) in [6.07, 6.45) is 6.58. The molecule has 1 N–H and O–H groups in total. The van der Waals surface area contributed by atoms with Gasteiger partial charge in [-0.05, 0) is 37.6 Å². The molecule has 0 aliphatic heterocycles. The van der Waals surface area contributed by atoms with Crippen LogP contribution < -0.4 is 10.1 Å². The third kappa shape index (κ3) is 3.60. The molecule has 1 rings (SSSR count). The summed E-state index contributed by atoms with van der Waals surface area (Å²) < 4.78 is 5.38. The quantitative estimate of drug-likeness (QED) is 0.740. The molecule has 0 saturated carbocycles. The molecule has 1 atom stereocenters. The van der Waals surface area contributed by atoms with Gasteiger partial charge in [-0.3, -0.25) is 0 Å².